The zero-order valence-corrected chi connectivity index (χ0v) is 28.5. The number of hydrogen-bond donors (Lipinski definition) is 2. The van der Waals surface area contributed by atoms with Gasteiger partial charge in [0.1, 0.15) is 5.76 Å². The first kappa shape index (κ1) is 36.9. The van der Waals surface area contributed by atoms with Gasteiger partial charge >= 0.3 is 33.4 Å². The van der Waals surface area contributed by atoms with E-state index in [0.717, 1.165) is 6.07 Å². The number of rotatable bonds is 3. The van der Waals surface area contributed by atoms with Crippen molar-refractivity contribution < 1.29 is 53.1 Å². The molecule has 0 aromatic heterocycles. The average Bonchev–Trinajstić information content (AvgIpc) is 3.21. The van der Waals surface area contributed by atoms with Crippen LogP contribution in [0.1, 0.15) is 52.7 Å². The Morgan fingerprint density at radius 2 is 1.46 bits per heavy atom. The van der Waals surface area contributed by atoms with Crippen molar-refractivity contribution in [2.45, 2.75) is 70.8 Å². The van der Waals surface area contributed by atoms with Crippen LogP contribution in [0.15, 0.2) is 57.5 Å². The Kier molecular flexibility index (Phi) is 8.92. The van der Waals surface area contributed by atoms with Crippen molar-refractivity contribution in [3.63, 3.8) is 0 Å². The Balaban J connectivity index is 0.00000167. The summed E-state index contributed by atoms with van der Waals surface area (Å²) >= 11 is -0.750. The predicted molar refractivity (Wildman–Crippen MR) is 167 cm³/mol. The van der Waals surface area contributed by atoms with Crippen molar-refractivity contribution >= 4 is 50.0 Å². The van der Waals surface area contributed by atoms with E-state index < -0.39 is 78.3 Å². The van der Waals surface area contributed by atoms with Crippen LogP contribution >= 0.6 is 0 Å². The highest BCUT2D eigenvalue weighted by atomic mass is 32.2. The fourth-order valence-electron chi connectivity index (χ4n) is 6.44. The molecule has 18 heteroatoms. The number of aliphatic hydroxyl groups excluding tert-OH is 1. The Morgan fingerprint density at radius 1 is 0.917 bits per heavy atom. The van der Waals surface area contributed by atoms with E-state index in [0.29, 0.717) is 22.5 Å². The highest BCUT2D eigenvalue weighted by Gasteiger charge is 2.50. The molecule has 1 saturated heterocycles. The molecular formula is C30H32F6N4O6S2. The van der Waals surface area contributed by atoms with Gasteiger partial charge in [-0.2, -0.15) is 35.0 Å². The van der Waals surface area contributed by atoms with E-state index in [1.54, 1.807) is 23.9 Å². The minimum atomic E-state index is -5.96. The smallest absolute Gasteiger partial charge is 0.506 e. The molecule has 1 aromatic rings. The molecule has 0 amide bonds. The first-order valence-corrected chi connectivity index (χ1v) is 16.4. The van der Waals surface area contributed by atoms with Gasteiger partial charge in [0.15, 0.2) is 0 Å². The molecule has 2 aliphatic heterocycles. The van der Waals surface area contributed by atoms with E-state index in [-0.39, 0.29) is 23.2 Å². The molecular weight excluding hydrogens is 690 g/mol. The number of likely N-dealkylation sites (tertiary alicyclic amines) is 1. The number of Topliss-reactive ketones (excluding diaryl/α,β-unsaturated/α-hetero) is 1. The fraction of sp³-hybridized carbons (Fsp3) is 0.467. The second-order valence-electron chi connectivity index (χ2n) is 12.9. The fourth-order valence-corrected chi connectivity index (χ4v) is 7.02. The van der Waals surface area contributed by atoms with Crippen molar-refractivity contribution in [3.05, 3.63) is 63.6 Å². The maximum Gasteiger partial charge on any atom is 0.516 e. The van der Waals surface area contributed by atoms with E-state index >= 15 is 0 Å². The lowest BCUT2D eigenvalue weighted by Gasteiger charge is -2.30. The highest BCUT2D eigenvalue weighted by Crippen LogP contribution is 2.52. The zero-order valence-electron chi connectivity index (χ0n) is 26.9. The topological polar surface area (TPSA) is 136 Å². The number of ketones is 1. The molecule has 4 aliphatic rings. The zero-order chi connectivity index (χ0) is 36.7. The maximum absolute atomic E-state index is 13.8. The summed E-state index contributed by atoms with van der Waals surface area (Å²) in [6.45, 7) is 11.2. The van der Waals surface area contributed by atoms with Crippen molar-refractivity contribution in [1.29, 1.82) is 0 Å². The lowest BCUT2D eigenvalue weighted by molar-refractivity contribution is -0.119. The molecule has 0 saturated carbocycles. The number of anilines is 2. The summed E-state index contributed by atoms with van der Waals surface area (Å²) in [6.07, 6.45) is -2.48. The van der Waals surface area contributed by atoms with E-state index in [1.807, 2.05) is 41.5 Å². The van der Waals surface area contributed by atoms with Crippen LogP contribution in [-0.2, 0) is 31.8 Å². The third-order valence-electron chi connectivity index (χ3n) is 9.91. The number of benzene rings is 1. The van der Waals surface area contributed by atoms with E-state index in [1.165, 1.54) is 22.9 Å². The van der Waals surface area contributed by atoms with Gasteiger partial charge in [0.2, 0.25) is 5.78 Å². The number of sulfonamides is 1. The average molecular weight is 723 g/mol. The number of halogens is 6. The molecule has 10 nitrogen and oxygen atoms in total. The molecule has 48 heavy (non-hydrogen) atoms. The molecule has 5 rings (SSSR count). The third kappa shape index (κ3) is 5.75. The van der Waals surface area contributed by atoms with Gasteiger partial charge in [-0.15, -0.1) is 13.2 Å². The standard InChI is InChI=1S/C30H32F6N4O4S.O2S/c1-13-27(3,4)17-9-15(19(37-29(31,32)33)11-21(17)39(13)7)23-25(41)24(26(23)42)16-10-18-22(40(8)14(2)28(18,5)6)12-20(16)38-45(43,44)30(34,35)36;1-3-2/h9-14,38,41H,1-8H3;. The molecule has 2 heterocycles. The first-order chi connectivity index (χ1) is 21.7. The molecule has 0 radical (unpaired) electrons. The number of likely N-dealkylation sites (N-methyl/N-ethyl adjacent to an activating group) is 2. The number of aliphatic imine (C=N–C) groups is 1. The minimum Gasteiger partial charge on any atom is -0.506 e. The number of carbonyl (C=O) groups is 1. The van der Waals surface area contributed by atoms with Gasteiger partial charge in [-0.05, 0) is 49.3 Å². The molecule has 1 aromatic carbocycles. The summed E-state index contributed by atoms with van der Waals surface area (Å²) in [5.41, 5.74) is -7.82. The number of allylic oxidation sites excluding steroid dienone is 6. The van der Waals surface area contributed by atoms with Gasteiger partial charge in [0.25, 0.3) is 0 Å². The van der Waals surface area contributed by atoms with Crippen LogP contribution in [0.25, 0.3) is 5.57 Å². The number of fused-ring (bicyclic) bond motifs is 2. The van der Waals surface area contributed by atoms with Gasteiger partial charge in [0.05, 0.1) is 22.5 Å². The third-order valence-corrected chi connectivity index (χ3v) is 11.0. The summed E-state index contributed by atoms with van der Waals surface area (Å²) in [4.78, 5) is 20.2. The van der Waals surface area contributed by atoms with Crippen LogP contribution < -0.4 is 9.62 Å². The van der Waals surface area contributed by atoms with E-state index in [4.69, 9.17) is 8.42 Å². The molecule has 262 valence electrons. The van der Waals surface area contributed by atoms with Crippen LogP contribution in [0.5, 0.6) is 0 Å². The summed E-state index contributed by atoms with van der Waals surface area (Å²) in [5.74, 6) is -1.77. The van der Waals surface area contributed by atoms with Crippen molar-refractivity contribution in [2.24, 2.45) is 10.4 Å². The van der Waals surface area contributed by atoms with Crippen molar-refractivity contribution in [3.8, 4) is 0 Å². The van der Waals surface area contributed by atoms with Crippen LogP contribution in [-0.4, -0.2) is 76.3 Å². The quantitative estimate of drug-likeness (QED) is 0.231. The summed E-state index contributed by atoms with van der Waals surface area (Å²) < 4.78 is 123. The molecule has 2 unspecified atom stereocenters. The predicted octanol–water partition coefficient (Wildman–Crippen LogP) is 5.69. The molecule has 2 N–H and O–H groups in total. The minimum absolute atomic E-state index is 0.150. The Bertz CT molecular complexity index is 1920. The SMILES string of the molecule is CC1N(C)C2=CC(=NC(F)(F)F)C(=C3C(=O)C(c4cc5c(cc4NS(=O)(=O)C(F)(F)F)N(C)C(C)C5(C)C)=C3O)C=C2C1(C)C.O=S=O. The Morgan fingerprint density at radius 3 is 1.96 bits per heavy atom. The first-order valence-electron chi connectivity index (χ1n) is 14.2. The maximum atomic E-state index is 13.8. The van der Waals surface area contributed by atoms with Crippen LogP contribution in [0, 0.1) is 5.41 Å². The Labute approximate surface area is 276 Å². The number of aliphatic hydroxyl groups is 1. The lowest BCUT2D eigenvalue weighted by atomic mass is 9.73. The van der Waals surface area contributed by atoms with Gasteiger partial charge in [-0.25, -0.2) is 0 Å². The van der Waals surface area contributed by atoms with Crippen molar-refractivity contribution in [1.82, 2.24) is 4.90 Å². The molecule has 2 atom stereocenters. The van der Waals surface area contributed by atoms with Gasteiger partial charge < -0.3 is 14.9 Å². The highest BCUT2D eigenvalue weighted by molar-refractivity contribution is 7.93. The van der Waals surface area contributed by atoms with Gasteiger partial charge in [-0.1, -0.05) is 27.7 Å². The van der Waals surface area contributed by atoms with Crippen LogP contribution in [0.3, 0.4) is 0 Å². The Hall–Kier alpha value is -3.93. The summed E-state index contributed by atoms with van der Waals surface area (Å²) in [6, 6.07) is 2.15. The number of nitrogens with one attached hydrogen (secondary N) is 1. The molecule has 2 aliphatic carbocycles. The van der Waals surface area contributed by atoms with Gasteiger partial charge in [-0.3, -0.25) is 9.52 Å². The number of carbonyl (C=O) groups excluding carboxylic acids is 1. The van der Waals surface area contributed by atoms with E-state index in [2.05, 4.69) is 4.99 Å². The number of nitrogens with zero attached hydrogens (tertiary/aromatic N) is 3. The second-order valence-corrected chi connectivity index (χ2v) is 14.8. The number of hydrogen-bond acceptors (Lipinski definition) is 9. The van der Waals surface area contributed by atoms with Gasteiger partial charge in [0, 0.05) is 59.5 Å². The van der Waals surface area contributed by atoms with Crippen LogP contribution in [0.2, 0.25) is 0 Å². The summed E-state index contributed by atoms with van der Waals surface area (Å²) in [5, 5.41) is 11.3. The molecule has 0 spiro atoms. The molecule has 1 fully saturated rings. The molecule has 0 bridgehead atoms. The second kappa shape index (κ2) is 11.6. The lowest BCUT2D eigenvalue weighted by Crippen LogP contribution is -2.36. The largest absolute Gasteiger partial charge is 0.516 e. The summed E-state index contributed by atoms with van der Waals surface area (Å²) in [7, 11) is -2.57. The number of alkyl halides is 6. The van der Waals surface area contributed by atoms with Crippen molar-refractivity contribution in [2.75, 3.05) is 23.7 Å². The van der Waals surface area contributed by atoms with Crippen LogP contribution in [0.4, 0.5) is 37.7 Å². The normalized spacial score (nSPS) is 25.5. The monoisotopic (exact) mass is 722 g/mol. The van der Waals surface area contributed by atoms with E-state index in [9.17, 15) is 44.7 Å².